The van der Waals surface area contributed by atoms with Crippen LogP contribution in [0.25, 0.3) is 0 Å². The fourth-order valence-corrected chi connectivity index (χ4v) is 3.67. The number of amides is 1. The molecule has 1 aromatic carbocycles. The number of benzene rings is 1. The van der Waals surface area contributed by atoms with Crippen LogP contribution in [0.15, 0.2) is 48.8 Å². The molecule has 1 N–H and O–H groups in total. The minimum atomic E-state index is -0.0172. The Labute approximate surface area is 159 Å². The average molecular weight is 367 g/mol. The third kappa shape index (κ3) is 4.28. The quantitative estimate of drug-likeness (QED) is 0.879. The van der Waals surface area contributed by atoms with Crippen LogP contribution in [0, 0.1) is 0 Å². The molecule has 142 valence electrons. The number of pyridine rings is 1. The summed E-state index contributed by atoms with van der Waals surface area (Å²) in [5.74, 6) is 0.734. The van der Waals surface area contributed by atoms with Gasteiger partial charge < -0.3 is 19.7 Å². The lowest BCUT2D eigenvalue weighted by Gasteiger charge is -2.36. The second kappa shape index (κ2) is 8.50. The predicted octanol–water partition coefficient (Wildman–Crippen LogP) is 2.43. The lowest BCUT2D eigenvalue weighted by Crippen LogP contribution is -2.48. The van der Waals surface area contributed by atoms with Crippen molar-refractivity contribution in [3.8, 4) is 5.75 Å². The Morgan fingerprint density at radius 3 is 3.11 bits per heavy atom. The molecule has 1 amide bonds. The fourth-order valence-electron chi connectivity index (χ4n) is 3.67. The molecule has 2 aliphatic heterocycles. The van der Waals surface area contributed by atoms with E-state index in [0.717, 1.165) is 38.1 Å². The van der Waals surface area contributed by atoms with Crippen molar-refractivity contribution in [3.63, 3.8) is 0 Å². The van der Waals surface area contributed by atoms with Crippen molar-refractivity contribution in [2.24, 2.45) is 0 Å². The molecule has 2 aromatic rings. The van der Waals surface area contributed by atoms with E-state index < -0.39 is 0 Å². The van der Waals surface area contributed by atoms with Crippen LogP contribution in [0.4, 0.5) is 0 Å². The van der Waals surface area contributed by atoms with Crippen molar-refractivity contribution in [3.05, 3.63) is 59.9 Å². The minimum Gasteiger partial charge on any atom is -0.491 e. The Morgan fingerprint density at radius 2 is 2.30 bits per heavy atom. The summed E-state index contributed by atoms with van der Waals surface area (Å²) in [6.45, 7) is 3.53. The molecule has 0 aliphatic carbocycles. The standard InChI is InChI=1S/C21H25N3O3/c25-21(24-10-9-23-14-20(24)17-5-2-8-22-13-17)16-4-1-6-18(12-16)27-15-19-7-3-11-26-19/h1-2,4-6,8,12-13,19-20,23H,3,7,9-11,14-15H2. The normalized spacial score (nSPS) is 22.6. The first kappa shape index (κ1) is 17.9. The van der Waals surface area contributed by atoms with Gasteiger partial charge in [0.2, 0.25) is 0 Å². The number of nitrogens with zero attached hydrogens (tertiary/aromatic N) is 2. The lowest BCUT2D eigenvalue weighted by molar-refractivity contribution is 0.0630. The molecular weight excluding hydrogens is 342 g/mol. The molecule has 3 heterocycles. The average Bonchev–Trinajstić information content (AvgIpc) is 3.26. The van der Waals surface area contributed by atoms with Crippen molar-refractivity contribution in [1.82, 2.24) is 15.2 Å². The van der Waals surface area contributed by atoms with E-state index in [2.05, 4.69) is 10.3 Å². The number of nitrogens with one attached hydrogen (secondary N) is 1. The molecule has 0 radical (unpaired) electrons. The maximum absolute atomic E-state index is 13.2. The van der Waals surface area contributed by atoms with E-state index in [9.17, 15) is 4.79 Å². The highest BCUT2D eigenvalue weighted by Gasteiger charge is 2.29. The summed E-state index contributed by atoms with van der Waals surface area (Å²) < 4.78 is 11.5. The van der Waals surface area contributed by atoms with Gasteiger partial charge in [0.1, 0.15) is 12.4 Å². The maximum atomic E-state index is 13.2. The molecule has 1 aromatic heterocycles. The Bertz CT molecular complexity index is 762. The van der Waals surface area contributed by atoms with Crippen LogP contribution in [0.5, 0.6) is 5.75 Å². The molecule has 6 nitrogen and oxygen atoms in total. The number of hydrogen-bond donors (Lipinski definition) is 1. The van der Waals surface area contributed by atoms with Gasteiger partial charge in [0, 0.05) is 44.2 Å². The van der Waals surface area contributed by atoms with Crippen molar-refractivity contribution >= 4 is 5.91 Å². The van der Waals surface area contributed by atoms with Gasteiger partial charge in [-0.2, -0.15) is 0 Å². The van der Waals surface area contributed by atoms with E-state index in [4.69, 9.17) is 9.47 Å². The summed E-state index contributed by atoms with van der Waals surface area (Å²) in [7, 11) is 0. The molecule has 2 saturated heterocycles. The number of piperazine rings is 1. The molecule has 0 saturated carbocycles. The second-order valence-electron chi connectivity index (χ2n) is 6.98. The third-order valence-corrected chi connectivity index (χ3v) is 5.11. The molecule has 2 unspecified atom stereocenters. The minimum absolute atomic E-state index is 0.0172. The summed E-state index contributed by atoms with van der Waals surface area (Å²) in [4.78, 5) is 19.3. The Hall–Kier alpha value is -2.44. The topological polar surface area (TPSA) is 63.7 Å². The number of rotatable bonds is 5. The van der Waals surface area contributed by atoms with E-state index in [-0.39, 0.29) is 18.1 Å². The van der Waals surface area contributed by atoms with Crippen molar-refractivity contribution < 1.29 is 14.3 Å². The zero-order valence-corrected chi connectivity index (χ0v) is 15.3. The van der Waals surface area contributed by atoms with Gasteiger partial charge in [-0.15, -0.1) is 0 Å². The molecule has 6 heteroatoms. The zero-order valence-electron chi connectivity index (χ0n) is 15.3. The highest BCUT2D eigenvalue weighted by atomic mass is 16.5. The Balaban J connectivity index is 1.48. The smallest absolute Gasteiger partial charge is 0.254 e. The molecule has 27 heavy (non-hydrogen) atoms. The van der Waals surface area contributed by atoms with Gasteiger partial charge in [-0.1, -0.05) is 12.1 Å². The number of carbonyl (C=O) groups is 1. The summed E-state index contributed by atoms with van der Waals surface area (Å²) in [5.41, 5.74) is 1.69. The number of ether oxygens (including phenoxy) is 2. The van der Waals surface area contributed by atoms with E-state index in [1.807, 2.05) is 47.5 Å². The largest absolute Gasteiger partial charge is 0.491 e. The Morgan fingerprint density at radius 1 is 1.33 bits per heavy atom. The third-order valence-electron chi connectivity index (χ3n) is 5.11. The summed E-state index contributed by atoms with van der Waals surface area (Å²) in [5, 5.41) is 3.37. The first-order valence-electron chi connectivity index (χ1n) is 9.57. The van der Waals surface area contributed by atoms with E-state index in [1.165, 1.54) is 0 Å². The van der Waals surface area contributed by atoms with Gasteiger partial charge in [0.15, 0.2) is 0 Å². The van der Waals surface area contributed by atoms with E-state index >= 15 is 0 Å². The van der Waals surface area contributed by atoms with Crippen LogP contribution in [0.1, 0.15) is 34.8 Å². The van der Waals surface area contributed by atoms with Gasteiger partial charge in [0.05, 0.1) is 12.1 Å². The molecule has 0 spiro atoms. The van der Waals surface area contributed by atoms with Crippen molar-refractivity contribution in [2.75, 3.05) is 32.8 Å². The van der Waals surface area contributed by atoms with Crippen molar-refractivity contribution in [1.29, 1.82) is 0 Å². The SMILES string of the molecule is O=C(c1cccc(OCC2CCCO2)c1)N1CCNCC1c1cccnc1. The highest BCUT2D eigenvalue weighted by Crippen LogP contribution is 2.25. The number of carbonyl (C=O) groups excluding carboxylic acids is 1. The number of hydrogen-bond acceptors (Lipinski definition) is 5. The lowest BCUT2D eigenvalue weighted by atomic mass is 10.0. The van der Waals surface area contributed by atoms with Gasteiger partial charge in [-0.05, 0) is 42.7 Å². The molecular formula is C21H25N3O3. The van der Waals surface area contributed by atoms with Gasteiger partial charge in [-0.3, -0.25) is 9.78 Å². The Kier molecular flexibility index (Phi) is 5.65. The molecule has 2 atom stereocenters. The first-order valence-corrected chi connectivity index (χ1v) is 9.57. The van der Waals surface area contributed by atoms with E-state index in [0.29, 0.717) is 24.5 Å². The zero-order chi connectivity index (χ0) is 18.5. The van der Waals surface area contributed by atoms with Crippen LogP contribution in [-0.2, 0) is 4.74 Å². The molecule has 2 fully saturated rings. The van der Waals surface area contributed by atoms with Crippen molar-refractivity contribution in [2.45, 2.75) is 25.0 Å². The summed E-state index contributed by atoms with van der Waals surface area (Å²) in [6.07, 6.45) is 5.87. The second-order valence-corrected chi connectivity index (χ2v) is 6.98. The van der Waals surface area contributed by atoms with Crippen LogP contribution in [0.2, 0.25) is 0 Å². The van der Waals surface area contributed by atoms with Crippen LogP contribution in [0.3, 0.4) is 0 Å². The van der Waals surface area contributed by atoms with E-state index in [1.54, 1.807) is 6.20 Å². The monoisotopic (exact) mass is 367 g/mol. The van der Waals surface area contributed by atoms with Gasteiger partial charge in [-0.25, -0.2) is 0 Å². The maximum Gasteiger partial charge on any atom is 0.254 e. The molecule has 4 rings (SSSR count). The van der Waals surface area contributed by atoms with Crippen LogP contribution in [-0.4, -0.2) is 54.7 Å². The molecule has 0 bridgehead atoms. The van der Waals surface area contributed by atoms with Crippen LogP contribution < -0.4 is 10.1 Å². The van der Waals surface area contributed by atoms with Gasteiger partial charge >= 0.3 is 0 Å². The molecule has 2 aliphatic rings. The first-order chi connectivity index (χ1) is 13.3. The van der Waals surface area contributed by atoms with Gasteiger partial charge in [0.25, 0.3) is 5.91 Å². The predicted molar refractivity (Wildman–Crippen MR) is 102 cm³/mol. The fraction of sp³-hybridized carbons (Fsp3) is 0.429. The van der Waals surface area contributed by atoms with Crippen LogP contribution >= 0.6 is 0 Å². The summed E-state index contributed by atoms with van der Waals surface area (Å²) >= 11 is 0. The number of aromatic nitrogens is 1. The summed E-state index contributed by atoms with van der Waals surface area (Å²) in [6, 6.07) is 11.4. The highest BCUT2D eigenvalue weighted by molar-refractivity contribution is 5.95.